The summed E-state index contributed by atoms with van der Waals surface area (Å²) in [5.74, 6) is 0.742. The Balaban J connectivity index is 1.51. The lowest BCUT2D eigenvalue weighted by molar-refractivity contribution is 0.0696. The lowest BCUT2D eigenvalue weighted by atomic mass is 10.1. The minimum Gasteiger partial charge on any atom is -0.497 e. The van der Waals surface area contributed by atoms with E-state index in [1.54, 1.807) is 19.2 Å². The summed E-state index contributed by atoms with van der Waals surface area (Å²) >= 11 is 0. The van der Waals surface area contributed by atoms with Crippen molar-refractivity contribution in [2.24, 2.45) is 0 Å². The predicted octanol–water partition coefficient (Wildman–Crippen LogP) is 2.79. The number of carboxylic acid groups (broad SMARTS) is 1. The van der Waals surface area contributed by atoms with E-state index in [1.807, 2.05) is 30.3 Å². The van der Waals surface area contributed by atoms with Crippen molar-refractivity contribution in [2.75, 3.05) is 20.3 Å². The van der Waals surface area contributed by atoms with Crippen LogP contribution in [0.5, 0.6) is 11.5 Å². The average molecular weight is 313 g/mol. The van der Waals surface area contributed by atoms with Crippen molar-refractivity contribution in [3.8, 4) is 11.5 Å². The Hall–Kier alpha value is -2.53. The highest BCUT2D eigenvalue weighted by Crippen LogP contribution is 2.24. The van der Waals surface area contributed by atoms with Crippen molar-refractivity contribution >= 4 is 5.97 Å². The minimum atomic E-state index is -0.880. The Morgan fingerprint density at radius 2 is 1.78 bits per heavy atom. The van der Waals surface area contributed by atoms with E-state index in [4.69, 9.17) is 14.6 Å². The number of hydrogen-bond acceptors (Lipinski definition) is 4. The maximum atomic E-state index is 11.0. The molecule has 1 aliphatic rings. The molecule has 0 atom stereocenters. The van der Waals surface area contributed by atoms with Gasteiger partial charge in [-0.1, -0.05) is 6.07 Å². The molecule has 0 fully saturated rings. The molecule has 0 aliphatic carbocycles. The lowest BCUT2D eigenvalue weighted by Gasteiger charge is -2.15. The molecule has 0 saturated carbocycles. The number of nitrogens with zero attached hydrogens (tertiary/aromatic N) is 1. The number of hydrogen-bond donors (Lipinski definition) is 1. The Kier molecular flexibility index (Phi) is 4.48. The first-order chi connectivity index (χ1) is 11.2. The number of methoxy groups -OCH3 is 1. The Morgan fingerprint density at radius 3 is 2.48 bits per heavy atom. The predicted molar refractivity (Wildman–Crippen MR) is 86.0 cm³/mol. The van der Waals surface area contributed by atoms with Crippen molar-refractivity contribution in [3.05, 3.63) is 59.2 Å². The highest BCUT2D eigenvalue weighted by Gasteiger charge is 2.20. The van der Waals surface area contributed by atoms with Crippen LogP contribution in [0.4, 0.5) is 0 Å². The van der Waals surface area contributed by atoms with E-state index in [2.05, 4.69) is 4.90 Å². The van der Waals surface area contributed by atoms with Crippen LogP contribution in [0.25, 0.3) is 0 Å². The van der Waals surface area contributed by atoms with Crippen LogP contribution < -0.4 is 9.47 Å². The highest BCUT2D eigenvalue weighted by molar-refractivity contribution is 5.87. The fraction of sp³-hybridized carbons (Fsp3) is 0.278. The first kappa shape index (κ1) is 15.4. The van der Waals surface area contributed by atoms with Gasteiger partial charge in [-0.05, 0) is 47.5 Å². The molecule has 2 aromatic carbocycles. The third kappa shape index (κ3) is 3.63. The van der Waals surface area contributed by atoms with Crippen LogP contribution in [0.3, 0.4) is 0 Å². The number of rotatable bonds is 6. The molecule has 5 heteroatoms. The Morgan fingerprint density at radius 1 is 1.09 bits per heavy atom. The highest BCUT2D eigenvalue weighted by atomic mass is 16.5. The van der Waals surface area contributed by atoms with Gasteiger partial charge in [0.05, 0.1) is 12.7 Å². The topological polar surface area (TPSA) is 59.0 Å². The summed E-state index contributed by atoms with van der Waals surface area (Å²) in [7, 11) is 1.64. The summed E-state index contributed by atoms with van der Waals surface area (Å²) in [6.07, 6.45) is 0. The molecule has 0 aromatic heterocycles. The molecule has 5 nitrogen and oxygen atoms in total. The van der Waals surface area contributed by atoms with Crippen LogP contribution in [-0.2, 0) is 13.1 Å². The Labute approximate surface area is 135 Å². The fourth-order valence-electron chi connectivity index (χ4n) is 2.72. The summed E-state index contributed by atoms with van der Waals surface area (Å²) in [5.41, 5.74) is 2.63. The number of benzene rings is 2. The van der Waals surface area contributed by atoms with Gasteiger partial charge in [0.15, 0.2) is 0 Å². The third-order valence-corrected chi connectivity index (χ3v) is 3.98. The maximum Gasteiger partial charge on any atom is 0.335 e. The monoisotopic (exact) mass is 313 g/mol. The van der Waals surface area contributed by atoms with Crippen LogP contribution in [0, 0.1) is 0 Å². The van der Waals surface area contributed by atoms with Gasteiger partial charge in [0.1, 0.15) is 18.1 Å². The van der Waals surface area contributed by atoms with E-state index in [-0.39, 0.29) is 0 Å². The van der Waals surface area contributed by atoms with Crippen LogP contribution in [-0.4, -0.2) is 36.2 Å². The van der Waals surface area contributed by atoms with Crippen LogP contribution in [0.2, 0.25) is 0 Å². The molecule has 1 N–H and O–H groups in total. The molecule has 3 rings (SSSR count). The SMILES string of the molecule is COc1ccc(OCCN2Cc3ccc(C(=O)O)cc3C2)cc1. The second kappa shape index (κ2) is 6.71. The van der Waals surface area contributed by atoms with E-state index in [9.17, 15) is 4.79 Å². The third-order valence-electron chi connectivity index (χ3n) is 3.98. The molecule has 0 unspecified atom stereocenters. The summed E-state index contributed by atoms with van der Waals surface area (Å²) < 4.78 is 10.8. The zero-order valence-electron chi connectivity index (χ0n) is 13.0. The van der Waals surface area contributed by atoms with Gasteiger partial charge in [-0.25, -0.2) is 4.79 Å². The van der Waals surface area contributed by atoms with E-state index < -0.39 is 5.97 Å². The molecule has 0 bridgehead atoms. The standard InChI is InChI=1S/C18H19NO4/c1-22-16-4-6-17(7-5-16)23-9-8-19-11-14-3-2-13(18(20)21)10-15(14)12-19/h2-7,10H,8-9,11-12H2,1H3,(H,20,21). The molecular weight excluding hydrogens is 294 g/mol. The van der Waals surface area contributed by atoms with E-state index >= 15 is 0 Å². The first-order valence-electron chi connectivity index (χ1n) is 7.50. The smallest absolute Gasteiger partial charge is 0.335 e. The lowest BCUT2D eigenvalue weighted by Crippen LogP contribution is -2.22. The summed E-state index contributed by atoms with van der Waals surface area (Å²) in [6.45, 7) is 2.98. The minimum absolute atomic E-state index is 0.347. The largest absolute Gasteiger partial charge is 0.497 e. The average Bonchev–Trinajstić information content (AvgIpc) is 2.97. The van der Waals surface area contributed by atoms with Crippen molar-refractivity contribution in [1.82, 2.24) is 4.90 Å². The maximum absolute atomic E-state index is 11.0. The molecule has 0 spiro atoms. The van der Waals surface area contributed by atoms with Gasteiger partial charge in [0, 0.05) is 19.6 Å². The van der Waals surface area contributed by atoms with E-state index in [0.717, 1.165) is 36.7 Å². The first-order valence-corrected chi connectivity index (χ1v) is 7.50. The molecule has 1 heterocycles. The van der Waals surface area contributed by atoms with E-state index in [1.165, 1.54) is 5.56 Å². The zero-order valence-corrected chi connectivity index (χ0v) is 13.0. The molecule has 0 saturated heterocycles. The Bertz CT molecular complexity index is 697. The normalized spacial score (nSPS) is 13.6. The zero-order chi connectivity index (χ0) is 16.2. The molecule has 23 heavy (non-hydrogen) atoms. The number of fused-ring (bicyclic) bond motifs is 1. The van der Waals surface area contributed by atoms with Gasteiger partial charge in [0.25, 0.3) is 0 Å². The van der Waals surface area contributed by atoms with Gasteiger partial charge in [-0.2, -0.15) is 0 Å². The molecule has 2 aromatic rings. The molecule has 120 valence electrons. The number of aromatic carboxylic acids is 1. The van der Waals surface area contributed by atoms with Crippen molar-refractivity contribution < 1.29 is 19.4 Å². The fourth-order valence-corrected chi connectivity index (χ4v) is 2.72. The quantitative estimate of drug-likeness (QED) is 0.888. The van der Waals surface area contributed by atoms with Crippen LogP contribution in [0.15, 0.2) is 42.5 Å². The molecule has 0 amide bonds. The van der Waals surface area contributed by atoms with Gasteiger partial charge in [-0.3, -0.25) is 4.90 Å². The van der Waals surface area contributed by atoms with Crippen LogP contribution >= 0.6 is 0 Å². The van der Waals surface area contributed by atoms with Crippen LogP contribution in [0.1, 0.15) is 21.5 Å². The molecular formula is C18H19NO4. The second-order valence-corrected chi connectivity index (χ2v) is 5.52. The van der Waals surface area contributed by atoms with Crippen molar-refractivity contribution in [2.45, 2.75) is 13.1 Å². The second-order valence-electron chi connectivity index (χ2n) is 5.52. The number of ether oxygens (including phenoxy) is 2. The van der Waals surface area contributed by atoms with Gasteiger partial charge >= 0.3 is 5.97 Å². The molecule has 0 radical (unpaired) electrons. The summed E-state index contributed by atoms with van der Waals surface area (Å²) in [6, 6.07) is 12.8. The van der Waals surface area contributed by atoms with Crippen molar-refractivity contribution in [1.29, 1.82) is 0 Å². The van der Waals surface area contributed by atoms with Gasteiger partial charge in [0.2, 0.25) is 0 Å². The van der Waals surface area contributed by atoms with Crippen molar-refractivity contribution in [3.63, 3.8) is 0 Å². The number of carbonyl (C=O) groups is 1. The van der Waals surface area contributed by atoms with E-state index in [0.29, 0.717) is 12.2 Å². The van der Waals surface area contributed by atoms with Gasteiger partial charge in [-0.15, -0.1) is 0 Å². The summed E-state index contributed by atoms with van der Waals surface area (Å²) in [5, 5.41) is 9.04. The molecule has 1 aliphatic heterocycles. The summed E-state index contributed by atoms with van der Waals surface area (Å²) in [4.78, 5) is 13.3. The number of carboxylic acids is 1. The van der Waals surface area contributed by atoms with Gasteiger partial charge < -0.3 is 14.6 Å².